The predicted octanol–water partition coefficient (Wildman–Crippen LogP) is 4.44. The summed E-state index contributed by atoms with van der Waals surface area (Å²) < 4.78 is 3.43. The molecule has 0 aliphatic carbocycles. The smallest absolute Gasteiger partial charge is 0.221 e. The summed E-state index contributed by atoms with van der Waals surface area (Å²) in [5, 5.41) is 2.81. The topological polar surface area (TPSA) is 46.4 Å². The zero-order chi connectivity index (χ0) is 14.3. The molecule has 3 aromatic heterocycles. The van der Waals surface area contributed by atoms with Gasteiger partial charge in [0.05, 0.1) is 16.2 Å². The molecule has 0 saturated heterocycles. The maximum Gasteiger partial charge on any atom is 0.221 e. The van der Waals surface area contributed by atoms with Crippen LogP contribution in [0.4, 0.5) is 5.69 Å². The number of carbonyl (C=O) groups excluding carboxylic acids is 1. The summed E-state index contributed by atoms with van der Waals surface area (Å²) in [6, 6.07) is 5.71. The van der Waals surface area contributed by atoms with Crippen LogP contribution in [0.2, 0.25) is 4.34 Å². The maximum atomic E-state index is 11.3. The minimum Gasteiger partial charge on any atom is -0.323 e. The molecule has 102 valence electrons. The SMILES string of the molecule is CC(=O)Nc1cc(-c2ccc(Cl)s2)cn2c(Br)cnc12. The fourth-order valence-corrected chi connectivity index (χ4v) is 3.34. The minimum atomic E-state index is -0.132. The van der Waals surface area contributed by atoms with Crippen LogP contribution < -0.4 is 5.32 Å². The molecule has 0 atom stereocenters. The van der Waals surface area contributed by atoms with Crippen LogP contribution in [0, 0.1) is 0 Å². The number of hydrogen-bond acceptors (Lipinski definition) is 3. The molecule has 3 rings (SSSR count). The van der Waals surface area contributed by atoms with Gasteiger partial charge >= 0.3 is 0 Å². The number of halogens is 2. The monoisotopic (exact) mass is 369 g/mol. The Bertz CT molecular complexity index is 811. The van der Waals surface area contributed by atoms with Gasteiger partial charge in [0.15, 0.2) is 5.65 Å². The van der Waals surface area contributed by atoms with Gasteiger partial charge in [-0.1, -0.05) is 11.6 Å². The van der Waals surface area contributed by atoms with Gasteiger partial charge in [-0.2, -0.15) is 0 Å². The van der Waals surface area contributed by atoms with E-state index < -0.39 is 0 Å². The summed E-state index contributed by atoms with van der Waals surface area (Å²) in [5.74, 6) is -0.132. The van der Waals surface area contributed by atoms with Crippen LogP contribution in [-0.4, -0.2) is 15.3 Å². The van der Waals surface area contributed by atoms with Crippen LogP contribution in [0.3, 0.4) is 0 Å². The molecule has 0 radical (unpaired) electrons. The Morgan fingerprint density at radius 1 is 1.50 bits per heavy atom. The van der Waals surface area contributed by atoms with E-state index in [1.54, 1.807) is 6.20 Å². The first kappa shape index (κ1) is 13.6. The Morgan fingerprint density at radius 3 is 2.95 bits per heavy atom. The van der Waals surface area contributed by atoms with Gasteiger partial charge in [-0.05, 0) is 34.1 Å². The molecule has 0 spiro atoms. The molecule has 0 fully saturated rings. The van der Waals surface area contributed by atoms with Crippen LogP contribution in [0.15, 0.2) is 35.2 Å². The number of anilines is 1. The average molecular weight is 371 g/mol. The summed E-state index contributed by atoms with van der Waals surface area (Å²) in [5.41, 5.74) is 2.33. The van der Waals surface area contributed by atoms with Gasteiger partial charge in [0.1, 0.15) is 4.60 Å². The summed E-state index contributed by atoms with van der Waals surface area (Å²) in [4.78, 5) is 16.7. The first-order valence-electron chi connectivity index (χ1n) is 5.74. The van der Waals surface area contributed by atoms with E-state index in [2.05, 4.69) is 26.2 Å². The average Bonchev–Trinajstić information content (AvgIpc) is 2.96. The van der Waals surface area contributed by atoms with E-state index in [-0.39, 0.29) is 5.91 Å². The standard InChI is InChI=1S/C13H9BrClN3OS/c1-7(19)17-9-4-8(10-2-3-12(15)20-10)6-18-11(14)5-16-13(9)18/h2-6H,1H3,(H,17,19). The molecular weight excluding hydrogens is 362 g/mol. The number of hydrogen-bond donors (Lipinski definition) is 1. The van der Waals surface area contributed by atoms with Crippen LogP contribution in [-0.2, 0) is 4.79 Å². The summed E-state index contributed by atoms with van der Waals surface area (Å²) in [7, 11) is 0. The molecule has 0 aromatic carbocycles. The lowest BCUT2D eigenvalue weighted by Gasteiger charge is -2.08. The normalized spacial score (nSPS) is 10.9. The van der Waals surface area contributed by atoms with Crippen molar-refractivity contribution in [1.82, 2.24) is 9.38 Å². The van der Waals surface area contributed by atoms with Crippen LogP contribution in [0.25, 0.3) is 16.1 Å². The number of fused-ring (bicyclic) bond motifs is 1. The van der Waals surface area contributed by atoms with E-state index in [0.29, 0.717) is 11.3 Å². The van der Waals surface area contributed by atoms with Gasteiger partial charge in [-0.15, -0.1) is 11.3 Å². The fourth-order valence-electron chi connectivity index (χ4n) is 1.94. The molecule has 7 heteroatoms. The van der Waals surface area contributed by atoms with Crippen molar-refractivity contribution in [2.75, 3.05) is 5.32 Å². The van der Waals surface area contributed by atoms with Crippen molar-refractivity contribution in [3.8, 4) is 10.4 Å². The second kappa shape index (κ2) is 5.20. The van der Waals surface area contributed by atoms with Crippen molar-refractivity contribution in [3.63, 3.8) is 0 Å². The van der Waals surface area contributed by atoms with Crippen molar-refractivity contribution >= 4 is 56.1 Å². The highest BCUT2D eigenvalue weighted by atomic mass is 79.9. The Labute approximate surface area is 132 Å². The van der Waals surface area contributed by atoms with Crippen molar-refractivity contribution < 1.29 is 4.79 Å². The lowest BCUT2D eigenvalue weighted by Crippen LogP contribution is -2.07. The van der Waals surface area contributed by atoms with E-state index in [1.807, 2.05) is 28.8 Å². The molecule has 4 nitrogen and oxygen atoms in total. The molecule has 1 amide bonds. The van der Waals surface area contributed by atoms with Gasteiger partial charge < -0.3 is 5.32 Å². The summed E-state index contributed by atoms with van der Waals surface area (Å²) in [6.45, 7) is 1.48. The third-order valence-electron chi connectivity index (χ3n) is 2.73. The minimum absolute atomic E-state index is 0.132. The summed E-state index contributed by atoms with van der Waals surface area (Å²) >= 11 is 10.9. The molecule has 0 aliphatic heterocycles. The van der Waals surface area contributed by atoms with Gasteiger partial charge in [-0.3, -0.25) is 9.20 Å². The lowest BCUT2D eigenvalue weighted by molar-refractivity contribution is -0.114. The zero-order valence-corrected chi connectivity index (χ0v) is 13.5. The largest absolute Gasteiger partial charge is 0.323 e. The predicted molar refractivity (Wildman–Crippen MR) is 85.5 cm³/mol. The highest BCUT2D eigenvalue weighted by Crippen LogP contribution is 2.34. The molecular formula is C13H9BrClN3OS. The number of nitrogens with zero attached hydrogens (tertiary/aromatic N) is 2. The van der Waals surface area contributed by atoms with Crippen LogP contribution >= 0.6 is 38.9 Å². The number of imidazole rings is 1. The number of pyridine rings is 1. The molecule has 3 heterocycles. The third-order valence-corrected chi connectivity index (χ3v) is 4.60. The second-order valence-electron chi connectivity index (χ2n) is 4.20. The first-order chi connectivity index (χ1) is 9.54. The highest BCUT2D eigenvalue weighted by molar-refractivity contribution is 9.10. The van der Waals surface area contributed by atoms with E-state index in [9.17, 15) is 4.79 Å². The number of aromatic nitrogens is 2. The maximum absolute atomic E-state index is 11.3. The molecule has 0 unspecified atom stereocenters. The van der Waals surface area contributed by atoms with Crippen LogP contribution in [0.1, 0.15) is 6.92 Å². The van der Waals surface area contributed by atoms with E-state index >= 15 is 0 Å². The van der Waals surface area contributed by atoms with Gasteiger partial charge in [0, 0.05) is 23.6 Å². The number of carbonyl (C=O) groups is 1. The second-order valence-corrected chi connectivity index (χ2v) is 6.73. The van der Waals surface area contributed by atoms with E-state index in [4.69, 9.17) is 11.6 Å². The van der Waals surface area contributed by atoms with E-state index in [0.717, 1.165) is 19.4 Å². The Kier molecular flexibility index (Phi) is 3.54. The van der Waals surface area contributed by atoms with Gasteiger partial charge in [-0.25, -0.2) is 4.98 Å². The Hall–Kier alpha value is -1.37. The molecule has 3 aromatic rings. The van der Waals surface area contributed by atoms with E-state index in [1.165, 1.54) is 18.3 Å². The zero-order valence-electron chi connectivity index (χ0n) is 10.4. The van der Waals surface area contributed by atoms with Crippen molar-refractivity contribution in [3.05, 3.63) is 39.5 Å². The van der Waals surface area contributed by atoms with Crippen molar-refractivity contribution in [2.45, 2.75) is 6.92 Å². The fraction of sp³-hybridized carbons (Fsp3) is 0.0769. The number of thiophene rings is 1. The molecule has 1 N–H and O–H groups in total. The third kappa shape index (κ3) is 2.46. The number of nitrogens with one attached hydrogen (secondary N) is 1. The number of rotatable bonds is 2. The number of amides is 1. The van der Waals surface area contributed by atoms with Gasteiger partial charge in [0.25, 0.3) is 0 Å². The quantitative estimate of drug-likeness (QED) is 0.725. The van der Waals surface area contributed by atoms with Crippen molar-refractivity contribution in [2.24, 2.45) is 0 Å². The first-order valence-corrected chi connectivity index (χ1v) is 7.73. The Balaban J connectivity index is 2.23. The molecule has 0 saturated carbocycles. The molecule has 20 heavy (non-hydrogen) atoms. The van der Waals surface area contributed by atoms with Gasteiger partial charge in [0.2, 0.25) is 5.91 Å². The highest BCUT2D eigenvalue weighted by Gasteiger charge is 2.12. The van der Waals surface area contributed by atoms with Crippen LogP contribution in [0.5, 0.6) is 0 Å². The summed E-state index contributed by atoms with van der Waals surface area (Å²) in [6.07, 6.45) is 3.66. The lowest BCUT2D eigenvalue weighted by atomic mass is 10.2. The van der Waals surface area contributed by atoms with Crippen molar-refractivity contribution in [1.29, 1.82) is 0 Å². The molecule has 0 aliphatic rings. The molecule has 0 bridgehead atoms. The Morgan fingerprint density at radius 2 is 2.30 bits per heavy atom.